The van der Waals surface area contributed by atoms with Gasteiger partial charge in [-0.05, 0) is 18.3 Å². The minimum Gasteiger partial charge on any atom is -0.282 e. The quantitative estimate of drug-likeness (QED) is 0.555. The van der Waals surface area contributed by atoms with Gasteiger partial charge in [-0.25, -0.2) is 4.98 Å². The van der Waals surface area contributed by atoms with E-state index in [9.17, 15) is 0 Å². The summed E-state index contributed by atoms with van der Waals surface area (Å²) in [4.78, 5) is 3.81. The van der Waals surface area contributed by atoms with Crippen LogP contribution in [0.15, 0.2) is 6.58 Å². The van der Waals surface area contributed by atoms with Crippen molar-refractivity contribution in [3.8, 4) is 0 Å². The van der Waals surface area contributed by atoms with Crippen LogP contribution in [0.4, 0.5) is 0 Å². The molecule has 4 heteroatoms. The van der Waals surface area contributed by atoms with Gasteiger partial charge in [-0.3, -0.25) is 10.2 Å². The monoisotopic (exact) mass is 127 g/mol. The van der Waals surface area contributed by atoms with Crippen molar-refractivity contribution in [3.63, 3.8) is 0 Å². The summed E-state index contributed by atoms with van der Waals surface area (Å²) in [6.45, 7) is 3.48. The Morgan fingerprint density at radius 2 is 2.38 bits per heavy atom. The highest BCUT2D eigenvalue weighted by atomic mass is 32.1. The maximum atomic E-state index is 4.65. The number of aromatic nitrogens is 3. The summed E-state index contributed by atoms with van der Waals surface area (Å²) in [5.41, 5.74) is 0. The standard InChI is InChI=1S/C4H5N3S/c1-2-3-5-4(8)7-6-3/h2H,1H2,(H2,5,6,7,8). The lowest BCUT2D eigenvalue weighted by Gasteiger charge is -1.71. The maximum absolute atomic E-state index is 4.65. The predicted molar refractivity (Wildman–Crippen MR) is 33.9 cm³/mol. The van der Waals surface area contributed by atoms with Crippen molar-refractivity contribution in [1.29, 1.82) is 0 Å². The second kappa shape index (κ2) is 1.92. The Morgan fingerprint density at radius 1 is 1.62 bits per heavy atom. The molecule has 0 saturated heterocycles. The van der Waals surface area contributed by atoms with Crippen LogP contribution in [0, 0.1) is 4.77 Å². The Morgan fingerprint density at radius 3 is 2.62 bits per heavy atom. The van der Waals surface area contributed by atoms with Crippen LogP contribution >= 0.6 is 12.2 Å². The zero-order chi connectivity index (χ0) is 5.98. The van der Waals surface area contributed by atoms with Crippen LogP contribution in [0.3, 0.4) is 0 Å². The molecular weight excluding hydrogens is 122 g/mol. The molecule has 0 aliphatic rings. The lowest BCUT2D eigenvalue weighted by molar-refractivity contribution is 1.07. The number of hydrogen-bond donors (Lipinski definition) is 2. The minimum atomic E-state index is 0.458. The molecule has 0 atom stereocenters. The van der Waals surface area contributed by atoms with Gasteiger partial charge in [-0.1, -0.05) is 6.58 Å². The SMILES string of the molecule is C=Cc1nc(=S)[nH][nH]1. The number of hydrogen-bond acceptors (Lipinski definition) is 2. The Bertz CT molecular complexity index is 233. The summed E-state index contributed by atoms with van der Waals surface area (Å²) in [7, 11) is 0. The zero-order valence-electron chi connectivity index (χ0n) is 4.14. The molecule has 0 radical (unpaired) electrons. The molecule has 0 aliphatic heterocycles. The molecule has 0 unspecified atom stereocenters. The van der Waals surface area contributed by atoms with Crippen LogP contribution in [0.25, 0.3) is 6.08 Å². The van der Waals surface area contributed by atoms with E-state index in [4.69, 9.17) is 0 Å². The van der Waals surface area contributed by atoms with Crippen LogP contribution in [-0.4, -0.2) is 15.2 Å². The van der Waals surface area contributed by atoms with E-state index in [0.29, 0.717) is 10.6 Å². The van der Waals surface area contributed by atoms with Gasteiger partial charge >= 0.3 is 0 Å². The molecule has 3 nitrogen and oxygen atoms in total. The van der Waals surface area contributed by atoms with Crippen molar-refractivity contribution in [2.24, 2.45) is 0 Å². The molecule has 8 heavy (non-hydrogen) atoms. The zero-order valence-corrected chi connectivity index (χ0v) is 4.96. The molecule has 0 aromatic carbocycles. The van der Waals surface area contributed by atoms with Gasteiger partial charge in [0.1, 0.15) is 5.82 Å². The van der Waals surface area contributed by atoms with Crippen LogP contribution in [0.1, 0.15) is 5.82 Å². The summed E-state index contributed by atoms with van der Waals surface area (Å²) in [5.74, 6) is 0.676. The fourth-order valence-corrected chi connectivity index (χ4v) is 0.529. The highest BCUT2D eigenvalue weighted by molar-refractivity contribution is 7.71. The van der Waals surface area contributed by atoms with Crippen LogP contribution in [0.5, 0.6) is 0 Å². The third-order valence-corrected chi connectivity index (χ3v) is 0.906. The highest BCUT2D eigenvalue weighted by Gasteiger charge is 1.83. The van der Waals surface area contributed by atoms with Gasteiger partial charge in [-0.15, -0.1) is 0 Å². The second-order valence-corrected chi connectivity index (χ2v) is 1.64. The van der Waals surface area contributed by atoms with Crippen molar-refractivity contribution >= 4 is 18.3 Å². The molecule has 2 N–H and O–H groups in total. The smallest absolute Gasteiger partial charge is 0.213 e. The molecule has 0 aliphatic carbocycles. The van der Waals surface area contributed by atoms with Crippen molar-refractivity contribution in [2.75, 3.05) is 0 Å². The van der Waals surface area contributed by atoms with Crippen molar-refractivity contribution in [3.05, 3.63) is 17.2 Å². The fourth-order valence-electron chi connectivity index (χ4n) is 0.379. The van der Waals surface area contributed by atoms with E-state index in [0.717, 1.165) is 0 Å². The van der Waals surface area contributed by atoms with Crippen molar-refractivity contribution < 1.29 is 0 Å². The molecule has 42 valence electrons. The Balaban J connectivity index is 3.18. The van der Waals surface area contributed by atoms with Gasteiger partial charge < -0.3 is 0 Å². The normalized spacial score (nSPS) is 9.00. The lowest BCUT2D eigenvalue weighted by Crippen LogP contribution is -1.70. The first-order valence-corrected chi connectivity index (χ1v) is 2.51. The van der Waals surface area contributed by atoms with E-state index >= 15 is 0 Å². The lowest BCUT2D eigenvalue weighted by atomic mass is 10.6. The van der Waals surface area contributed by atoms with E-state index in [1.54, 1.807) is 6.08 Å². The average Bonchev–Trinajstić information content (AvgIpc) is 2.14. The summed E-state index contributed by atoms with van der Waals surface area (Å²) < 4.78 is 0.458. The molecule has 1 aromatic rings. The van der Waals surface area contributed by atoms with E-state index in [1.807, 2.05) is 0 Å². The number of aromatic amines is 2. The first-order chi connectivity index (χ1) is 3.83. The van der Waals surface area contributed by atoms with Gasteiger partial charge in [0.15, 0.2) is 0 Å². The summed E-state index contributed by atoms with van der Waals surface area (Å²) in [5, 5.41) is 5.32. The molecule has 0 bridgehead atoms. The second-order valence-electron chi connectivity index (χ2n) is 1.26. The Kier molecular flexibility index (Phi) is 1.26. The van der Waals surface area contributed by atoms with Crippen LogP contribution in [-0.2, 0) is 0 Å². The molecule has 0 saturated carbocycles. The molecular formula is C4H5N3S. The molecule has 0 spiro atoms. The summed E-state index contributed by atoms with van der Waals surface area (Å²) >= 11 is 4.65. The van der Waals surface area contributed by atoms with Gasteiger partial charge in [0.2, 0.25) is 4.77 Å². The first kappa shape index (κ1) is 5.24. The third-order valence-electron chi connectivity index (χ3n) is 0.713. The average molecular weight is 127 g/mol. The van der Waals surface area contributed by atoms with E-state index in [-0.39, 0.29) is 0 Å². The number of rotatable bonds is 1. The molecule has 1 aromatic heterocycles. The number of nitrogens with one attached hydrogen (secondary N) is 2. The minimum absolute atomic E-state index is 0.458. The van der Waals surface area contributed by atoms with Gasteiger partial charge in [-0.2, -0.15) is 0 Å². The van der Waals surface area contributed by atoms with Gasteiger partial charge in [0.25, 0.3) is 0 Å². The molecule has 0 amide bonds. The van der Waals surface area contributed by atoms with Gasteiger partial charge in [0, 0.05) is 0 Å². The summed E-state index contributed by atoms with van der Waals surface area (Å²) in [6.07, 6.45) is 1.59. The highest BCUT2D eigenvalue weighted by Crippen LogP contribution is 1.86. The molecule has 1 rings (SSSR count). The largest absolute Gasteiger partial charge is 0.282 e. The third kappa shape index (κ3) is 0.840. The predicted octanol–water partition coefficient (Wildman–Crippen LogP) is 1.11. The van der Waals surface area contributed by atoms with E-state index < -0.39 is 0 Å². The maximum Gasteiger partial charge on any atom is 0.213 e. The van der Waals surface area contributed by atoms with Crippen molar-refractivity contribution in [2.45, 2.75) is 0 Å². The van der Waals surface area contributed by atoms with E-state index in [2.05, 4.69) is 34.0 Å². The first-order valence-electron chi connectivity index (χ1n) is 2.10. The number of H-pyrrole nitrogens is 2. The van der Waals surface area contributed by atoms with Crippen LogP contribution in [0.2, 0.25) is 0 Å². The Hall–Kier alpha value is -0.900. The fraction of sp³-hybridized carbons (Fsp3) is 0. The Labute approximate surface area is 51.4 Å². The molecule has 0 fully saturated rings. The van der Waals surface area contributed by atoms with E-state index in [1.165, 1.54) is 0 Å². The van der Waals surface area contributed by atoms with Crippen LogP contribution < -0.4 is 0 Å². The van der Waals surface area contributed by atoms with Gasteiger partial charge in [0.05, 0.1) is 0 Å². The number of nitrogens with zero attached hydrogens (tertiary/aromatic N) is 1. The topological polar surface area (TPSA) is 44.5 Å². The molecule has 1 heterocycles. The van der Waals surface area contributed by atoms with Crippen molar-refractivity contribution in [1.82, 2.24) is 15.2 Å². The summed E-state index contributed by atoms with van der Waals surface area (Å²) in [6, 6.07) is 0.